The Labute approximate surface area is 103 Å². The molecule has 2 heteroatoms. The molecule has 0 fully saturated rings. The maximum absolute atomic E-state index is 5.99. The van der Waals surface area contributed by atoms with Gasteiger partial charge in [-0.15, -0.1) is 0 Å². The van der Waals surface area contributed by atoms with E-state index < -0.39 is 0 Å². The summed E-state index contributed by atoms with van der Waals surface area (Å²) < 4.78 is 5.99. The third kappa shape index (κ3) is 1.98. The van der Waals surface area contributed by atoms with Crippen molar-refractivity contribution in [3.8, 4) is 0 Å². The summed E-state index contributed by atoms with van der Waals surface area (Å²) in [5.41, 5.74) is 9.43. The molecule has 92 valence electrons. The average molecular weight is 231 g/mol. The van der Waals surface area contributed by atoms with Crippen molar-refractivity contribution in [2.24, 2.45) is 5.73 Å². The second kappa shape index (κ2) is 3.88. The Morgan fingerprint density at radius 2 is 1.88 bits per heavy atom. The highest BCUT2D eigenvalue weighted by Crippen LogP contribution is 2.35. The van der Waals surface area contributed by atoms with Gasteiger partial charge in [-0.3, -0.25) is 0 Å². The molecule has 2 nitrogen and oxygen atoms in total. The monoisotopic (exact) mass is 231 g/mol. The van der Waals surface area contributed by atoms with Crippen LogP contribution < -0.4 is 5.73 Å². The van der Waals surface area contributed by atoms with Gasteiger partial charge in [-0.05, 0) is 24.8 Å². The Balaban J connectivity index is 2.78. The fourth-order valence-electron chi connectivity index (χ4n) is 2.29. The summed E-state index contributed by atoms with van der Waals surface area (Å²) in [5, 5.41) is 1.18. The number of rotatable bonds is 1. The Bertz CT molecular complexity index is 544. The molecule has 0 radical (unpaired) electrons. The first-order valence-electron chi connectivity index (χ1n) is 6.10. The van der Waals surface area contributed by atoms with Crippen molar-refractivity contribution in [1.82, 2.24) is 0 Å². The van der Waals surface area contributed by atoms with Gasteiger partial charge in [-0.25, -0.2) is 0 Å². The average Bonchev–Trinajstić information content (AvgIpc) is 2.55. The lowest BCUT2D eigenvalue weighted by atomic mass is 9.86. The molecular formula is C15H21NO. The molecule has 1 atom stereocenters. The molecule has 0 saturated heterocycles. The number of hydrogen-bond donors (Lipinski definition) is 1. The first-order valence-corrected chi connectivity index (χ1v) is 6.10. The van der Waals surface area contributed by atoms with Crippen molar-refractivity contribution in [2.75, 3.05) is 0 Å². The van der Waals surface area contributed by atoms with Crippen LogP contribution in [0.2, 0.25) is 0 Å². The number of para-hydroxylation sites is 1. The second-order valence-corrected chi connectivity index (χ2v) is 5.81. The fraction of sp³-hybridized carbons (Fsp3) is 0.467. The topological polar surface area (TPSA) is 39.2 Å². The van der Waals surface area contributed by atoms with Crippen molar-refractivity contribution >= 4 is 11.0 Å². The van der Waals surface area contributed by atoms with Gasteiger partial charge < -0.3 is 10.2 Å². The predicted molar refractivity (Wildman–Crippen MR) is 72.3 cm³/mol. The van der Waals surface area contributed by atoms with Gasteiger partial charge in [0.05, 0.1) is 6.04 Å². The van der Waals surface area contributed by atoms with Gasteiger partial charge in [0.1, 0.15) is 11.3 Å². The molecule has 0 spiro atoms. The maximum Gasteiger partial charge on any atom is 0.138 e. The van der Waals surface area contributed by atoms with E-state index in [1.807, 2.05) is 6.92 Å². The molecule has 1 aromatic heterocycles. The predicted octanol–water partition coefficient (Wildman–Crippen LogP) is 4.06. The van der Waals surface area contributed by atoms with Crippen LogP contribution >= 0.6 is 0 Å². The molecule has 2 aromatic rings. The molecule has 0 aliphatic heterocycles. The smallest absolute Gasteiger partial charge is 0.138 e. The van der Waals surface area contributed by atoms with Gasteiger partial charge in [0.25, 0.3) is 0 Å². The van der Waals surface area contributed by atoms with Crippen LogP contribution in [0, 0.1) is 6.92 Å². The molecule has 0 amide bonds. The third-order valence-corrected chi connectivity index (χ3v) is 3.22. The number of furan rings is 1. The molecule has 1 aromatic carbocycles. The Morgan fingerprint density at radius 3 is 2.41 bits per heavy atom. The third-order valence-electron chi connectivity index (χ3n) is 3.22. The van der Waals surface area contributed by atoms with Crippen LogP contribution in [0.5, 0.6) is 0 Å². The lowest BCUT2D eigenvalue weighted by molar-refractivity contribution is 0.495. The minimum atomic E-state index is -0.0600. The van der Waals surface area contributed by atoms with E-state index in [1.54, 1.807) is 0 Å². The summed E-state index contributed by atoms with van der Waals surface area (Å²) in [6.07, 6.45) is 0. The zero-order valence-electron chi connectivity index (χ0n) is 11.3. The molecule has 0 bridgehead atoms. The van der Waals surface area contributed by atoms with Gasteiger partial charge >= 0.3 is 0 Å². The summed E-state index contributed by atoms with van der Waals surface area (Å²) in [6.45, 7) is 10.6. The van der Waals surface area contributed by atoms with Crippen LogP contribution in [-0.2, 0) is 5.41 Å². The summed E-state index contributed by atoms with van der Waals surface area (Å²) in [7, 11) is 0. The lowest BCUT2D eigenvalue weighted by Gasteiger charge is -2.18. The van der Waals surface area contributed by atoms with Crippen molar-refractivity contribution in [3.63, 3.8) is 0 Å². The number of aryl methyl sites for hydroxylation is 1. The van der Waals surface area contributed by atoms with Gasteiger partial charge in [-0.1, -0.05) is 39.0 Å². The largest absolute Gasteiger partial charge is 0.459 e. The quantitative estimate of drug-likeness (QED) is 0.804. The van der Waals surface area contributed by atoms with Crippen LogP contribution in [0.1, 0.15) is 50.6 Å². The minimum absolute atomic E-state index is 0.0600. The maximum atomic E-state index is 5.99. The van der Waals surface area contributed by atoms with E-state index >= 15 is 0 Å². The fourth-order valence-corrected chi connectivity index (χ4v) is 2.29. The highest BCUT2D eigenvalue weighted by Gasteiger charge is 2.22. The SMILES string of the molecule is Cc1c(C(C)N)oc2c(C(C)(C)C)cccc12. The Kier molecular flexibility index (Phi) is 2.78. The molecular weight excluding hydrogens is 210 g/mol. The van der Waals surface area contributed by atoms with E-state index in [0.29, 0.717) is 0 Å². The first kappa shape index (κ1) is 12.2. The number of benzene rings is 1. The van der Waals surface area contributed by atoms with Crippen LogP contribution in [0.25, 0.3) is 11.0 Å². The van der Waals surface area contributed by atoms with Crippen molar-refractivity contribution in [2.45, 2.75) is 46.1 Å². The minimum Gasteiger partial charge on any atom is -0.459 e. The lowest BCUT2D eigenvalue weighted by Crippen LogP contribution is -2.11. The molecule has 1 unspecified atom stereocenters. The molecule has 0 saturated carbocycles. The van der Waals surface area contributed by atoms with Crippen molar-refractivity contribution in [1.29, 1.82) is 0 Å². The molecule has 0 aliphatic carbocycles. The molecule has 2 N–H and O–H groups in total. The van der Waals surface area contributed by atoms with Crippen LogP contribution in [0.3, 0.4) is 0 Å². The zero-order valence-corrected chi connectivity index (χ0v) is 11.3. The van der Waals surface area contributed by atoms with Gasteiger partial charge in [0.2, 0.25) is 0 Å². The molecule has 0 aliphatic rings. The summed E-state index contributed by atoms with van der Waals surface area (Å²) in [5.74, 6) is 0.900. The van der Waals surface area contributed by atoms with Crippen LogP contribution in [0.4, 0.5) is 0 Å². The van der Waals surface area contributed by atoms with Crippen molar-refractivity contribution < 1.29 is 4.42 Å². The molecule has 2 rings (SSSR count). The van der Waals surface area contributed by atoms with E-state index in [2.05, 4.69) is 45.9 Å². The van der Waals surface area contributed by atoms with E-state index in [9.17, 15) is 0 Å². The summed E-state index contributed by atoms with van der Waals surface area (Å²) in [6, 6.07) is 6.28. The van der Waals surface area contributed by atoms with E-state index in [-0.39, 0.29) is 11.5 Å². The van der Waals surface area contributed by atoms with Gasteiger partial charge in [0, 0.05) is 10.9 Å². The normalized spacial score (nSPS) is 14.2. The number of hydrogen-bond acceptors (Lipinski definition) is 2. The van der Waals surface area contributed by atoms with E-state index in [0.717, 1.165) is 11.3 Å². The highest BCUT2D eigenvalue weighted by molar-refractivity contribution is 5.85. The van der Waals surface area contributed by atoms with Gasteiger partial charge in [-0.2, -0.15) is 0 Å². The van der Waals surface area contributed by atoms with Crippen LogP contribution in [-0.4, -0.2) is 0 Å². The first-order chi connectivity index (χ1) is 7.82. The number of nitrogens with two attached hydrogens (primary N) is 1. The standard InChI is InChI=1S/C15H21NO/c1-9-11-7-6-8-12(15(3,4)5)14(11)17-13(9)10(2)16/h6-8,10H,16H2,1-5H3. The summed E-state index contributed by atoms with van der Waals surface area (Å²) in [4.78, 5) is 0. The van der Waals surface area contributed by atoms with Gasteiger partial charge in [0.15, 0.2) is 0 Å². The van der Waals surface area contributed by atoms with Crippen molar-refractivity contribution in [3.05, 3.63) is 35.1 Å². The van der Waals surface area contributed by atoms with Crippen LogP contribution in [0.15, 0.2) is 22.6 Å². The highest BCUT2D eigenvalue weighted by atomic mass is 16.3. The number of fused-ring (bicyclic) bond motifs is 1. The zero-order chi connectivity index (χ0) is 12.8. The second-order valence-electron chi connectivity index (χ2n) is 5.81. The Morgan fingerprint density at radius 1 is 1.24 bits per heavy atom. The molecule has 17 heavy (non-hydrogen) atoms. The Hall–Kier alpha value is -1.28. The van der Waals surface area contributed by atoms with E-state index in [1.165, 1.54) is 16.5 Å². The summed E-state index contributed by atoms with van der Waals surface area (Å²) >= 11 is 0. The van der Waals surface area contributed by atoms with E-state index in [4.69, 9.17) is 10.2 Å². The molecule has 1 heterocycles.